The average molecular weight is 128 g/mol. The fourth-order valence-electron chi connectivity index (χ4n) is 0. The molecule has 0 aromatic heterocycles. The Balaban J connectivity index is 0. The Bertz CT molecular complexity index is 95.1. The number of allylic oxidation sites excluding steroid dienone is 1. The molecule has 0 atom stereocenters. The second-order valence-electron chi connectivity index (χ2n) is 1.44. The molecular formula is C7H12O2. The molecule has 0 bridgehead atoms. The van der Waals surface area contributed by atoms with E-state index in [4.69, 9.17) is 5.11 Å². The van der Waals surface area contributed by atoms with Gasteiger partial charge in [0.25, 0.3) is 0 Å². The van der Waals surface area contributed by atoms with Crippen LogP contribution in [0, 0.1) is 0 Å². The number of aliphatic hydroxyl groups excluding tert-OH is 1. The molecule has 0 fully saturated rings. The maximum atomic E-state index is 9.41. The summed E-state index contributed by atoms with van der Waals surface area (Å²) in [6, 6.07) is 0. The van der Waals surface area contributed by atoms with E-state index in [0.29, 0.717) is 5.57 Å². The van der Waals surface area contributed by atoms with Crippen molar-refractivity contribution in [2.24, 2.45) is 0 Å². The lowest BCUT2D eigenvalue weighted by molar-refractivity contribution is -0.104. The monoisotopic (exact) mass is 128 g/mol. The Kier molecular flexibility index (Phi) is 12.4. The second-order valence-corrected chi connectivity index (χ2v) is 1.44. The van der Waals surface area contributed by atoms with Crippen molar-refractivity contribution in [1.29, 1.82) is 0 Å². The number of aldehydes is 1. The van der Waals surface area contributed by atoms with Crippen molar-refractivity contribution in [3.05, 3.63) is 24.8 Å². The van der Waals surface area contributed by atoms with Gasteiger partial charge in [0, 0.05) is 0 Å². The zero-order valence-corrected chi connectivity index (χ0v) is 5.63. The van der Waals surface area contributed by atoms with Crippen LogP contribution in [0.5, 0.6) is 0 Å². The van der Waals surface area contributed by atoms with Crippen LogP contribution in [0.1, 0.15) is 6.92 Å². The van der Waals surface area contributed by atoms with Crippen molar-refractivity contribution < 1.29 is 9.90 Å². The van der Waals surface area contributed by atoms with E-state index in [1.807, 2.05) is 0 Å². The van der Waals surface area contributed by atoms with Crippen molar-refractivity contribution in [2.45, 2.75) is 6.92 Å². The van der Waals surface area contributed by atoms with Gasteiger partial charge in [0.05, 0.1) is 6.61 Å². The van der Waals surface area contributed by atoms with E-state index in [-0.39, 0.29) is 6.61 Å². The lowest BCUT2D eigenvalue weighted by atomic mass is 10.4. The largest absolute Gasteiger partial charge is 0.392 e. The maximum Gasteiger partial charge on any atom is 0.145 e. The minimum atomic E-state index is 0.0833. The molecule has 0 amide bonds. The van der Waals surface area contributed by atoms with Crippen LogP contribution in [0.4, 0.5) is 0 Å². The minimum Gasteiger partial charge on any atom is -0.392 e. The van der Waals surface area contributed by atoms with Gasteiger partial charge in [0.1, 0.15) is 6.29 Å². The second kappa shape index (κ2) is 10.2. The van der Waals surface area contributed by atoms with E-state index in [2.05, 4.69) is 13.2 Å². The summed E-state index contributed by atoms with van der Waals surface area (Å²) in [4.78, 5) is 9.41. The van der Waals surface area contributed by atoms with Crippen molar-refractivity contribution in [2.75, 3.05) is 6.61 Å². The Labute approximate surface area is 55.5 Å². The van der Waals surface area contributed by atoms with Crippen molar-refractivity contribution >= 4 is 6.29 Å². The number of aliphatic hydroxyl groups is 1. The third-order valence-corrected chi connectivity index (χ3v) is 0.330. The molecule has 1 N–H and O–H groups in total. The number of hydrogen-bond acceptors (Lipinski definition) is 2. The van der Waals surface area contributed by atoms with E-state index in [9.17, 15) is 4.79 Å². The Morgan fingerprint density at radius 3 is 2.00 bits per heavy atom. The van der Waals surface area contributed by atoms with Gasteiger partial charge in [-0.05, 0) is 12.5 Å². The fraction of sp³-hybridized carbons (Fsp3) is 0.286. The molecule has 9 heavy (non-hydrogen) atoms. The van der Waals surface area contributed by atoms with E-state index in [0.717, 1.165) is 6.29 Å². The lowest BCUT2D eigenvalue weighted by Crippen LogP contribution is -1.65. The van der Waals surface area contributed by atoms with Crippen LogP contribution >= 0.6 is 0 Å². The van der Waals surface area contributed by atoms with Crippen LogP contribution in [0.2, 0.25) is 0 Å². The molecule has 0 saturated heterocycles. The van der Waals surface area contributed by atoms with Crippen molar-refractivity contribution in [3.63, 3.8) is 0 Å². The topological polar surface area (TPSA) is 37.3 Å². The molecule has 0 heterocycles. The summed E-state index contributed by atoms with van der Waals surface area (Å²) in [7, 11) is 0. The molecule has 2 nitrogen and oxygen atoms in total. The van der Waals surface area contributed by atoms with Crippen LogP contribution in [0.25, 0.3) is 0 Å². The zero-order chi connectivity index (χ0) is 7.70. The SMILES string of the molecule is C=C(C)C=O.C=CCO. The Morgan fingerprint density at radius 1 is 1.78 bits per heavy atom. The van der Waals surface area contributed by atoms with E-state index in [1.165, 1.54) is 6.08 Å². The van der Waals surface area contributed by atoms with Crippen LogP contribution in [0.15, 0.2) is 24.8 Å². The third-order valence-electron chi connectivity index (χ3n) is 0.330. The quantitative estimate of drug-likeness (QED) is 0.341. The predicted octanol–water partition coefficient (Wildman–Crippen LogP) is 0.926. The van der Waals surface area contributed by atoms with Gasteiger partial charge in [-0.1, -0.05) is 12.7 Å². The molecule has 52 valence electrons. The van der Waals surface area contributed by atoms with Gasteiger partial charge in [-0.25, -0.2) is 0 Å². The highest BCUT2D eigenvalue weighted by molar-refractivity contribution is 5.70. The highest BCUT2D eigenvalue weighted by Crippen LogP contribution is 1.70. The molecule has 0 aromatic rings. The fourth-order valence-corrected chi connectivity index (χ4v) is 0. The standard InChI is InChI=1S/C4H6O.C3H6O/c1-4(2)3-5;1-2-3-4/h3H,1H2,2H3;2,4H,1,3H2. The number of hydrogen-bond donors (Lipinski definition) is 1. The Hall–Kier alpha value is -0.890. The predicted molar refractivity (Wildman–Crippen MR) is 38.2 cm³/mol. The molecular weight excluding hydrogens is 116 g/mol. The summed E-state index contributed by atoms with van der Waals surface area (Å²) in [5, 5.41) is 7.76. The van der Waals surface area contributed by atoms with Gasteiger partial charge in [-0.2, -0.15) is 0 Å². The van der Waals surface area contributed by atoms with Crippen LogP contribution in [-0.4, -0.2) is 18.0 Å². The lowest BCUT2D eigenvalue weighted by Gasteiger charge is -1.65. The molecule has 0 saturated carbocycles. The summed E-state index contributed by atoms with van der Waals surface area (Å²) >= 11 is 0. The van der Waals surface area contributed by atoms with Crippen LogP contribution < -0.4 is 0 Å². The first-order valence-electron chi connectivity index (χ1n) is 2.51. The maximum absolute atomic E-state index is 9.41. The van der Waals surface area contributed by atoms with Crippen molar-refractivity contribution in [3.8, 4) is 0 Å². The molecule has 0 unspecified atom stereocenters. The average Bonchev–Trinajstić information content (AvgIpc) is 1.89. The van der Waals surface area contributed by atoms with Gasteiger partial charge < -0.3 is 5.11 Å². The van der Waals surface area contributed by atoms with E-state index in [1.54, 1.807) is 6.92 Å². The number of carbonyl (C=O) groups is 1. The molecule has 0 aliphatic heterocycles. The highest BCUT2D eigenvalue weighted by atomic mass is 16.2. The van der Waals surface area contributed by atoms with Gasteiger partial charge in [-0.15, -0.1) is 6.58 Å². The molecule has 2 heteroatoms. The smallest absolute Gasteiger partial charge is 0.145 e. The van der Waals surface area contributed by atoms with Gasteiger partial charge >= 0.3 is 0 Å². The first-order chi connectivity index (χ1) is 4.18. The third kappa shape index (κ3) is 41.7. The molecule has 0 aliphatic carbocycles. The van der Waals surface area contributed by atoms with Gasteiger partial charge in [-0.3, -0.25) is 4.79 Å². The summed E-state index contributed by atoms with van der Waals surface area (Å²) < 4.78 is 0. The normalized spacial score (nSPS) is 6.44. The Morgan fingerprint density at radius 2 is 2.00 bits per heavy atom. The summed E-state index contributed by atoms with van der Waals surface area (Å²) in [5.41, 5.74) is 0.574. The first-order valence-corrected chi connectivity index (χ1v) is 2.51. The summed E-state index contributed by atoms with van der Waals surface area (Å²) in [6.45, 7) is 8.28. The van der Waals surface area contributed by atoms with Crippen LogP contribution in [0.3, 0.4) is 0 Å². The molecule has 0 spiro atoms. The number of carbonyl (C=O) groups excluding carboxylic acids is 1. The summed E-state index contributed by atoms with van der Waals surface area (Å²) in [5.74, 6) is 0. The minimum absolute atomic E-state index is 0.0833. The first kappa shape index (κ1) is 11.0. The molecule has 0 radical (unpaired) electrons. The summed E-state index contributed by atoms with van der Waals surface area (Å²) in [6.07, 6.45) is 2.15. The highest BCUT2D eigenvalue weighted by Gasteiger charge is 1.66. The number of rotatable bonds is 2. The van der Waals surface area contributed by atoms with Crippen LogP contribution in [-0.2, 0) is 4.79 Å². The zero-order valence-electron chi connectivity index (χ0n) is 5.63. The van der Waals surface area contributed by atoms with Crippen molar-refractivity contribution in [1.82, 2.24) is 0 Å². The molecule has 0 aliphatic rings. The molecule has 0 aromatic carbocycles. The van der Waals surface area contributed by atoms with E-state index < -0.39 is 0 Å². The van der Waals surface area contributed by atoms with E-state index >= 15 is 0 Å². The van der Waals surface area contributed by atoms with Gasteiger partial charge in [0.15, 0.2) is 0 Å². The molecule has 0 rings (SSSR count). The van der Waals surface area contributed by atoms with Gasteiger partial charge in [0.2, 0.25) is 0 Å².